The smallest absolute Gasteiger partial charge is 0.418 e. The minimum Gasteiger partial charge on any atom is -0.466 e. The van der Waals surface area contributed by atoms with Crippen LogP contribution in [0.3, 0.4) is 0 Å². The predicted molar refractivity (Wildman–Crippen MR) is 223 cm³/mol. The maximum Gasteiger partial charge on any atom is 0.418 e. The van der Waals surface area contributed by atoms with Gasteiger partial charge in [0.15, 0.2) is 6.10 Å². The van der Waals surface area contributed by atoms with Gasteiger partial charge in [0.1, 0.15) is 0 Å². The Morgan fingerprint density at radius 3 is 2.30 bits per heavy atom. The number of likely N-dealkylation sites (tertiary alicyclic amines) is 2. The van der Waals surface area contributed by atoms with Crippen LogP contribution in [0.25, 0.3) is 0 Å². The standard InChI is InChI=1S/C43H59ClF3N7O6/c1-2-3-4-7-26-59-38(55)15-18-50-16-11-32(12-17-50)51-22-24-52(25-23-51)40(56)37(29-30-27-34(43(45,46)47)39(48)35(44)28-30)60-42(58)53-19-13-33(14-20-53)54-21-10-31-8-5-6-9-36(31)49-41(54)57/h5-6,8-9,27-28,32-33,37H,2-4,7,10-26,29,48H2,1H3,(H,49,57)/t37-/m1/s1. The second-order valence-electron chi connectivity index (χ2n) is 16.3. The molecule has 6 rings (SSSR count). The van der Waals surface area contributed by atoms with Crippen molar-refractivity contribution in [2.75, 3.05) is 83.1 Å². The van der Waals surface area contributed by atoms with Crippen LogP contribution < -0.4 is 11.1 Å². The van der Waals surface area contributed by atoms with Gasteiger partial charge < -0.3 is 40.1 Å². The van der Waals surface area contributed by atoms with Crippen LogP contribution in [-0.4, -0.2) is 139 Å². The summed E-state index contributed by atoms with van der Waals surface area (Å²) < 4.78 is 53.1. The van der Waals surface area contributed by atoms with Gasteiger partial charge in [0.05, 0.1) is 29.3 Å². The number of hydrogen-bond acceptors (Lipinski definition) is 9. The number of ether oxygens (including phenoxy) is 2. The maximum absolute atomic E-state index is 14.2. The van der Waals surface area contributed by atoms with Crippen LogP contribution >= 0.6 is 11.6 Å². The van der Waals surface area contributed by atoms with Gasteiger partial charge >= 0.3 is 24.3 Å². The molecular formula is C43H59ClF3N7O6. The van der Waals surface area contributed by atoms with E-state index < -0.39 is 35.5 Å². The van der Waals surface area contributed by atoms with Crippen molar-refractivity contribution in [3.8, 4) is 0 Å². The van der Waals surface area contributed by atoms with Gasteiger partial charge in [-0.3, -0.25) is 14.5 Å². The lowest BCUT2D eigenvalue weighted by Crippen LogP contribution is -2.56. The highest BCUT2D eigenvalue weighted by Crippen LogP contribution is 2.38. The fourth-order valence-electron chi connectivity index (χ4n) is 8.77. The van der Waals surface area contributed by atoms with Crippen LogP contribution in [0, 0.1) is 0 Å². The zero-order valence-electron chi connectivity index (χ0n) is 34.5. The van der Waals surface area contributed by atoms with E-state index in [0.29, 0.717) is 77.6 Å². The quantitative estimate of drug-likeness (QED) is 0.121. The summed E-state index contributed by atoms with van der Waals surface area (Å²) in [6.07, 6.45) is 0.858. The minimum absolute atomic E-state index is 0.0604. The summed E-state index contributed by atoms with van der Waals surface area (Å²) >= 11 is 6.15. The largest absolute Gasteiger partial charge is 0.466 e. The molecule has 0 radical (unpaired) electrons. The van der Waals surface area contributed by atoms with Crippen LogP contribution in [0.4, 0.5) is 34.1 Å². The number of hydrogen-bond donors (Lipinski definition) is 2. The summed E-state index contributed by atoms with van der Waals surface area (Å²) in [7, 11) is 0. The molecule has 0 aliphatic carbocycles. The third-order valence-electron chi connectivity index (χ3n) is 12.3. The zero-order valence-corrected chi connectivity index (χ0v) is 35.3. The van der Waals surface area contributed by atoms with E-state index >= 15 is 0 Å². The lowest BCUT2D eigenvalue weighted by atomic mass is 10.0. The number of esters is 1. The van der Waals surface area contributed by atoms with E-state index in [0.717, 1.165) is 68.9 Å². The molecule has 13 nitrogen and oxygen atoms in total. The van der Waals surface area contributed by atoms with E-state index in [2.05, 4.69) is 22.0 Å². The van der Waals surface area contributed by atoms with Crippen molar-refractivity contribution in [3.05, 3.63) is 58.1 Å². The van der Waals surface area contributed by atoms with Crippen LogP contribution in [-0.2, 0) is 38.1 Å². The highest BCUT2D eigenvalue weighted by atomic mass is 35.5. The number of nitrogens with one attached hydrogen (secondary N) is 1. The molecule has 2 aromatic carbocycles. The number of para-hydroxylation sites is 1. The number of halogens is 4. The summed E-state index contributed by atoms with van der Waals surface area (Å²) in [5, 5.41) is 2.68. The molecule has 0 bridgehead atoms. The van der Waals surface area contributed by atoms with Gasteiger partial charge in [-0.25, -0.2) is 9.59 Å². The first-order chi connectivity index (χ1) is 28.8. The Labute approximate surface area is 355 Å². The summed E-state index contributed by atoms with van der Waals surface area (Å²) in [6, 6.07) is 9.81. The van der Waals surface area contributed by atoms with Crippen LogP contribution in [0.5, 0.6) is 0 Å². The van der Waals surface area contributed by atoms with E-state index in [1.54, 1.807) is 9.80 Å². The predicted octanol–water partition coefficient (Wildman–Crippen LogP) is 6.67. The van der Waals surface area contributed by atoms with Crippen LogP contribution in [0.1, 0.15) is 81.4 Å². The number of fused-ring (bicyclic) bond motifs is 1. The average molecular weight is 862 g/mol. The lowest BCUT2D eigenvalue weighted by Gasteiger charge is -2.43. The summed E-state index contributed by atoms with van der Waals surface area (Å²) in [5.74, 6) is -0.652. The van der Waals surface area contributed by atoms with Crippen LogP contribution in [0.15, 0.2) is 36.4 Å². The van der Waals surface area contributed by atoms with Crippen molar-refractivity contribution >= 4 is 47.0 Å². The maximum atomic E-state index is 14.2. The SMILES string of the molecule is CCCCCCOC(=O)CCN1CCC(N2CCN(C(=O)[C@@H](Cc3cc(Cl)c(N)c(C(F)(F)F)c3)OC(=O)N3CCC(N4CCc5ccccc5NC4=O)CC3)CC2)CC1. The Balaban J connectivity index is 1.03. The number of carbonyl (C=O) groups excluding carboxylic acids is 4. The van der Waals surface area contributed by atoms with Crippen molar-refractivity contribution in [2.24, 2.45) is 0 Å². The molecule has 4 aliphatic heterocycles. The number of piperazine rings is 1. The molecule has 3 N–H and O–H groups in total. The van der Waals surface area contributed by atoms with Crippen molar-refractivity contribution < 1.29 is 41.8 Å². The number of nitrogen functional groups attached to an aromatic ring is 1. The number of carbonyl (C=O) groups is 4. The molecule has 0 saturated carbocycles. The highest BCUT2D eigenvalue weighted by Gasteiger charge is 2.38. The van der Waals surface area contributed by atoms with Gasteiger partial charge in [0.25, 0.3) is 5.91 Å². The third kappa shape index (κ3) is 12.0. The number of alkyl halides is 3. The van der Waals surface area contributed by atoms with E-state index in [-0.39, 0.29) is 48.1 Å². The Kier molecular flexibility index (Phi) is 15.8. The number of benzene rings is 2. The Hall–Kier alpha value is -4.28. The molecule has 0 spiro atoms. The highest BCUT2D eigenvalue weighted by molar-refractivity contribution is 6.33. The van der Waals surface area contributed by atoms with E-state index in [1.807, 2.05) is 24.3 Å². The monoisotopic (exact) mass is 861 g/mol. The lowest BCUT2D eigenvalue weighted by molar-refractivity contribution is -0.145. The number of unbranched alkanes of at least 4 members (excludes halogenated alkanes) is 3. The Morgan fingerprint density at radius 2 is 1.60 bits per heavy atom. The first-order valence-corrected chi connectivity index (χ1v) is 21.9. The summed E-state index contributed by atoms with van der Waals surface area (Å²) in [5.41, 5.74) is 5.85. The van der Waals surface area contributed by atoms with Gasteiger partial charge in [-0.1, -0.05) is 56.0 Å². The third-order valence-corrected chi connectivity index (χ3v) is 12.6. The normalized spacial score (nSPS) is 19.4. The number of urea groups is 1. The summed E-state index contributed by atoms with van der Waals surface area (Å²) in [4.78, 5) is 62.8. The van der Waals surface area contributed by atoms with E-state index in [9.17, 15) is 32.3 Å². The molecule has 330 valence electrons. The molecule has 3 fully saturated rings. The average Bonchev–Trinajstić information content (AvgIpc) is 3.41. The molecular weight excluding hydrogens is 803 g/mol. The first kappa shape index (κ1) is 45.3. The Bertz CT molecular complexity index is 1800. The second-order valence-corrected chi connectivity index (χ2v) is 16.7. The molecule has 1 atom stereocenters. The topological polar surface area (TPSA) is 141 Å². The van der Waals surface area contributed by atoms with Crippen molar-refractivity contribution in [3.63, 3.8) is 0 Å². The Morgan fingerprint density at radius 1 is 0.900 bits per heavy atom. The number of amides is 4. The molecule has 17 heteroatoms. The van der Waals surface area contributed by atoms with Gasteiger partial charge in [0, 0.05) is 76.5 Å². The second kappa shape index (κ2) is 21.0. The summed E-state index contributed by atoms with van der Waals surface area (Å²) in [6.45, 7) is 7.97. The first-order valence-electron chi connectivity index (χ1n) is 21.5. The van der Waals surface area contributed by atoms with Crippen LogP contribution in [0.2, 0.25) is 5.02 Å². The van der Waals surface area contributed by atoms with E-state index in [4.69, 9.17) is 26.8 Å². The molecule has 4 aliphatic rings. The van der Waals surface area contributed by atoms with Gasteiger partial charge in [0.2, 0.25) is 0 Å². The van der Waals surface area contributed by atoms with Crippen molar-refractivity contribution in [1.82, 2.24) is 24.5 Å². The number of anilines is 2. The van der Waals surface area contributed by atoms with Gasteiger partial charge in [-0.05, 0) is 80.9 Å². The number of rotatable bonds is 14. The molecule has 0 unspecified atom stereocenters. The van der Waals surface area contributed by atoms with E-state index in [1.165, 1.54) is 11.0 Å². The molecule has 4 heterocycles. The molecule has 2 aromatic rings. The fraction of sp³-hybridized carbons (Fsp3) is 0.628. The minimum atomic E-state index is -4.79. The number of nitrogens with two attached hydrogens (primary N) is 1. The molecule has 60 heavy (non-hydrogen) atoms. The molecule has 0 aromatic heterocycles. The zero-order chi connectivity index (χ0) is 42.8. The fourth-order valence-corrected chi connectivity index (χ4v) is 9.01. The van der Waals surface area contributed by atoms with Crippen molar-refractivity contribution in [2.45, 2.75) is 102 Å². The molecule has 3 saturated heterocycles. The van der Waals surface area contributed by atoms with Gasteiger partial charge in [-0.2, -0.15) is 13.2 Å². The number of nitrogens with zero attached hydrogens (tertiary/aromatic N) is 5. The van der Waals surface area contributed by atoms with Crippen molar-refractivity contribution in [1.29, 1.82) is 0 Å². The van der Waals surface area contributed by atoms with Gasteiger partial charge in [-0.15, -0.1) is 0 Å². The number of piperidine rings is 2. The molecule has 4 amide bonds.